The molecule has 106 heavy (non-hydrogen) atoms. The Morgan fingerprint density at radius 1 is 0.179 bits per heavy atom. The summed E-state index contributed by atoms with van der Waals surface area (Å²) in [5.41, 5.74) is 23.2. The minimum absolute atomic E-state index is 0.655. The molecule has 492 valence electrons. The highest BCUT2D eigenvalue weighted by molar-refractivity contribution is 7.26. The maximum atomic E-state index is 5.72. The van der Waals surface area contributed by atoms with Crippen molar-refractivity contribution in [3.05, 3.63) is 346 Å². The predicted octanol–water partition coefficient (Wildman–Crippen LogP) is 28.0. The molecule has 23 rings (SSSR count). The first kappa shape index (κ1) is 59.4. The van der Waals surface area contributed by atoms with Crippen LogP contribution in [-0.2, 0) is 0 Å². The van der Waals surface area contributed by atoms with Crippen LogP contribution in [0.15, 0.2) is 346 Å². The van der Waals surface area contributed by atoms with Gasteiger partial charge in [-0.15, -0.1) is 34.0 Å². The van der Waals surface area contributed by atoms with Crippen LogP contribution in [0.2, 0.25) is 0 Å². The van der Waals surface area contributed by atoms with Crippen molar-refractivity contribution >= 4 is 171 Å². The number of para-hydroxylation sites is 3. The highest BCUT2D eigenvalue weighted by atomic mass is 32.1. The van der Waals surface area contributed by atoms with Gasteiger partial charge >= 0.3 is 0 Å². The molecule has 0 saturated carbocycles. The summed E-state index contributed by atoms with van der Waals surface area (Å²) < 4.78 is 15.1. The van der Waals surface area contributed by atoms with Crippen LogP contribution in [0.5, 0.6) is 0 Å². The summed E-state index contributed by atoms with van der Waals surface area (Å²) in [5, 5.41) is 16.1. The summed E-state index contributed by atoms with van der Waals surface area (Å²) in [5.74, 6) is 0.655. The molecule has 16 aromatic carbocycles. The Morgan fingerprint density at radius 3 is 0.953 bits per heavy atom. The van der Waals surface area contributed by atoms with Crippen LogP contribution in [0, 0.1) is 0 Å². The number of hydrogen-bond donors (Lipinski definition) is 0. The van der Waals surface area contributed by atoms with Gasteiger partial charge in [-0.1, -0.05) is 206 Å². The second-order valence-corrected chi connectivity index (χ2v) is 31.2. The van der Waals surface area contributed by atoms with Gasteiger partial charge in [0.05, 0.1) is 44.3 Å². The number of benzene rings is 16. The maximum Gasteiger partial charge on any atom is 0.160 e. The van der Waals surface area contributed by atoms with Crippen molar-refractivity contribution in [1.82, 2.24) is 23.7 Å². The zero-order valence-electron chi connectivity index (χ0n) is 56.9. The Bertz CT molecular complexity index is 7660. The molecule has 0 saturated heterocycles. The molecule has 0 amide bonds. The predicted molar refractivity (Wildman–Crippen MR) is 454 cm³/mol. The van der Waals surface area contributed by atoms with Crippen molar-refractivity contribution in [2.75, 3.05) is 0 Å². The van der Waals surface area contributed by atoms with Gasteiger partial charge in [-0.3, -0.25) is 0 Å². The van der Waals surface area contributed by atoms with Crippen LogP contribution >= 0.6 is 34.0 Å². The molecular formula is C98H57N5S3. The SMILES string of the molecule is c1cc(-c2ccc3nc(-c4cccc(-n5c6ccccc6c6cc(-c7ccc8c(c7)sc7ccccc78)ccc65)c4)nc(-c4ccc(-n5c6ccccc6c6cc(-c7ccc8c(c7)sc7ccccc78)ccc65)cc4)c3c2)cc(-n2c3ccccc3c3cc(-c4ccc5c(c4)sc4ccccc45)ccc32)c1. The third-order valence-corrected chi connectivity index (χ3v) is 25.4. The number of rotatable bonds is 9. The van der Waals surface area contributed by atoms with Gasteiger partial charge in [0.15, 0.2) is 5.82 Å². The zero-order valence-corrected chi connectivity index (χ0v) is 59.3. The molecule has 0 aliphatic heterocycles. The van der Waals surface area contributed by atoms with Gasteiger partial charge in [-0.25, -0.2) is 9.97 Å². The van der Waals surface area contributed by atoms with E-state index in [-0.39, 0.29) is 0 Å². The lowest BCUT2D eigenvalue weighted by Crippen LogP contribution is -1.99. The molecule has 0 aliphatic carbocycles. The standard InChI is InChI=1S/C98H57N5S3/c1-7-25-85-71(19-1)80-51-61(64-33-42-77-74-22-4-10-28-91(74)104-94(77)55-64)37-46-88(80)101(85)68-40-31-58(32-41-68)97-83-54-60(59-15-13-17-69(49-59)102-86-26-8-2-20-72(86)81-52-62(38-47-89(81)102)65-34-43-78-75-23-5-11-29-92(75)105-95(78)56-65)36-45-84(83)99-98(100-97)67-16-14-18-70(50-67)103-87-27-9-3-21-73(87)82-53-63(39-48-90(82)103)66-35-44-79-76-24-6-12-30-93(76)106-96(79)57-66/h1-57H. The van der Waals surface area contributed by atoms with E-state index in [1.54, 1.807) is 0 Å². The minimum Gasteiger partial charge on any atom is -0.309 e. The first-order valence-electron chi connectivity index (χ1n) is 36.0. The highest BCUT2D eigenvalue weighted by Gasteiger charge is 2.22. The number of hydrogen-bond acceptors (Lipinski definition) is 5. The Kier molecular flexibility index (Phi) is 13.0. The lowest BCUT2D eigenvalue weighted by molar-refractivity contribution is 1.17. The molecule has 0 radical (unpaired) electrons. The van der Waals surface area contributed by atoms with Gasteiger partial charge in [-0.05, 0) is 184 Å². The monoisotopic (exact) mass is 1400 g/mol. The molecule has 0 spiro atoms. The Labute approximate surface area is 619 Å². The number of thiophene rings is 3. The van der Waals surface area contributed by atoms with Gasteiger partial charge in [0, 0.05) is 126 Å². The van der Waals surface area contributed by atoms with Crippen LogP contribution in [0.25, 0.3) is 221 Å². The molecule has 0 bridgehead atoms. The second-order valence-electron chi connectivity index (χ2n) is 28.0. The van der Waals surface area contributed by atoms with Gasteiger partial charge in [0.1, 0.15) is 0 Å². The van der Waals surface area contributed by atoms with Gasteiger partial charge in [0.25, 0.3) is 0 Å². The molecular weight excluding hydrogens is 1340 g/mol. The molecule has 23 aromatic rings. The fraction of sp³-hybridized carbons (Fsp3) is 0. The maximum absolute atomic E-state index is 5.72. The molecule has 0 fully saturated rings. The van der Waals surface area contributed by atoms with Crippen molar-refractivity contribution < 1.29 is 0 Å². The van der Waals surface area contributed by atoms with E-state index in [0.717, 1.165) is 89.0 Å². The molecule has 8 heteroatoms. The quantitative estimate of drug-likeness (QED) is 0.144. The van der Waals surface area contributed by atoms with E-state index in [1.807, 2.05) is 34.0 Å². The van der Waals surface area contributed by atoms with Crippen molar-refractivity contribution in [2.24, 2.45) is 0 Å². The van der Waals surface area contributed by atoms with Crippen molar-refractivity contribution in [3.63, 3.8) is 0 Å². The lowest BCUT2D eigenvalue weighted by atomic mass is 9.99. The van der Waals surface area contributed by atoms with Crippen LogP contribution < -0.4 is 0 Å². The number of nitrogens with zero attached hydrogens (tertiary/aromatic N) is 5. The molecule has 0 N–H and O–H groups in total. The van der Waals surface area contributed by atoms with Crippen LogP contribution in [0.1, 0.15) is 0 Å². The summed E-state index contributed by atoms with van der Waals surface area (Å²) in [6.45, 7) is 0. The normalized spacial score (nSPS) is 12.2. The van der Waals surface area contributed by atoms with Crippen molar-refractivity contribution in [1.29, 1.82) is 0 Å². The summed E-state index contributed by atoms with van der Waals surface area (Å²) in [4.78, 5) is 11.2. The third-order valence-electron chi connectivity index (χ3n) is 22.0. The number of fused-ring (bicyclic) bond motifs is 19. The van der Waals surface area contributed by atoms with E-state index >= 15 is 0 Å². The third kappa shape index (κ3) is 9.25. The fourth-order valence-corrected chi connectivity index (χ4v) is 20.5. The smallest absolute Gasteiger partial charge is 0.160 e. The largest absolute Gasteiger partial charge is 0.309 e. The molecule has 0 aliphatic rings. The second kappa shape index (κ2) is 23.2. The molecule has 7 heterocycles. The number of aromatic nitrogens is 5. The van der Waals surface area contributed by atoms with E-state index in [4.69, 9.17) is 9.97 Å². The molecule has 0 atom stereocenters. The average molecular weight is 1400 g/mol. The van der Waals surface area contributed by atoms with E-state index in [0.29, 0.717) is 5.82 Å². The van der Waals surface area contributed by atoms with Gasteiger partial charge < -0.3 is 13.7 Å². The van der Waals surface area contributed by atoms with Crippen LogP contribution in [0.3, 0.4) is 0 Å². The topological polar surface area (TPSA) is 40.6 Å². The van der Waals surface area contributed by atoms with Crippen molar-refractivity contribution in [2.45, 2.75) is 0 Å². The summed E-state index contributed by atoms with van der Waals surface area (Å²) in [6.07, 6.45) is 0. The highest BCUT2D eigenvalue weighted by Crippen LogP contribution is 2.45. The average Bonchev–Trinajstić information content (AvgIpc) is 1.72. The Morgan fingerprint density at radius 2 is 0.500 bits per heavy atom. The van der Waals surface area contributed by atoms with Crippen molar-refractivity contribution in [3.8, 4) is 84.2 Å². The molecule has 5 nitrogen and oxygen atoms in total. The first-order valence-corrected chi connectivity index (χ1v) is 38.4. The van der Waals surface area contributed by atoms with Crippen LogP contribution in [0.4, 0.5) is 0 Å². The van der Waals surface area contributed by atoms with Crippen LogP contribution in [-0.4, -0.2) is 23.7 Å². The molecule has 0 unspecified atom stereocenters. The van der Waals surface area contributed by atoms with E-state index < -0.39 is 0 Å². The van der Waals surface area contributed by atoms with E-state index in [2.05, 4.69) is 359 Å². The minimum atomic E-state index is 0.655. The van der Waals surface area contributed by atoms with Gasteiger partial charge in [-0.2, -0.15) is 0 Å². The summed E-state index contributed by atoms with van der Waals surface area (Å²) in [6, 6.07) is 128. The zero-order chi connectivity index (χ0) is 69.2. The first-order chi connectivity index (χ1) is 52.5. The Balaban J connectivity index is 0.646. The van der Waals surface area contributed by atoms with Gasteiger partial charge in [0.2, 0.25) is 0 Å². The molecule has 7 aromatic heterocycles. The summed E-state index contributed by atoms with van der Waals surface area (Å²) in [7, 11) is 0. The summed E-state index contributed by atoms with van der Waals surface area (Å²) >= 11 is 5.59. The van der Waals surface area contributed by atoms with E-state index in [9.17, 15) is 0 Å². The van der Waals surface area contributed by atoms with E-state index in [1.165, 1.54) is 126 Å². The fourth-order valence-electron chi connectivity index (χ4n) is 17.0. The lowest BCUT2D eigenvalue weighted by Gasteiger charge is -2.14. The Hall–Kier alpha value is -13.1.